The summed E-state index contributed by atoms with van der Waals surface area (Å²) in [6, 6.07) is 24.8. The summed E-state index contributed by atoms with van der Waals surface area (Å²) in [5, 5.41) is 0.940. The molecule has 0 N–H and O–H groups in total. The van der Waals surface area contributed by atoms with Gasteiger partial charge in [0, 0.05) is 22.5 Å². The lowest BCUT2D eigenvalue weighted by atomic mass is 10.1. The average molecular weight is 404 g/mol. The van der Waals surface area contributed by atoms with Crippen LogP contribution in [0, 0.1) is 0 Å². The number of fused-ring (bicyclic) bond motifs is 1. The molecule has 4 aromatic rings. The largest absolute Gasteiger partial charge is 0.497 e. The Morgan fingerprint density at radius 3 is 2.31 bits per heavy atom. The van der Waals surface area contributed by atoms with Gasteiger partial charge in [0.15, 0.2) is 0 Å². The molecule has 0 saturated carbocycles. The molecule has 4 nitrogen and oxygen atoms in total. The van der Waals surface area contributed by atoms with Crippen LogP contribution in [-0.4, -0.2) is 13.1 Å². The third kappa shape index (κ3) is 4.46. The van der Waals surface area contributed by atoms with Crippen LogP contribution in [0.1, 0.15) is 21.7 Å². The summed E-state index contributed by atoms with van der Waals surface area (Å²) in [4.78, 5) is 12.8. The van der Waals surface area contributed by atoms with Crippen LogP contribution < -0.4 is 9.47 Å². The summed E-state index contributed by atoms with van der Waals surface area (Å²) in [6.07, 6.45) is 0. The third-order valence-corrected chi connectivity index (χ3v) is 5.54. The van der Waals surface area contributed by atoms with Gasteiger partial charge in [-0.3, -0.25) is 0 Å². The fourth-order valence-corrected chi connectivity index (χ4v) is 4.07. The second-order valence-electron chi connectivity index (χ2n) is 6.45. The quantitative estimate of drug-likeness (QED) is 0.275. The summed E-state index contributed by atoms with van der Waals surface area (Å²) in [5.74, 6) is 2.40. The fraction of sp³-hybridized carbons (Fsp3) is 0.125. The predicted molar refractivity (Wildman–Crippen MR) is 116 cm³/mol. The van der Waals surface area contributed by atoms with E-state index in [2.05, 4.69) is 12.1 Å². The highest BCUT2D eigenvalue weighted by Gasteiger charge is 2.22. The first-order valence-corrected chi connectivity index (χ1v) is 10.4. The maximum absolute atomic E-state index is 12.8. The molecule has 0 radical (unpaired) electrons. The van der Waals surface area contributed by atoms with E-state index in [1.807, 2.05) is 42.5 Å². The lowest BCUT2D eigenvalue weighted by molar-refractivity contribution is 0.0702. The number of ether oxygens (including phenoxy) is 2. The number of furan rings is 1. The molecule has 1 heterocycles. The number of hydrogen-bond acceptors (Lipinski definition) is 5. The molecule has 0 unspecified atom stereocenters. The van der Waals surface area contributed by atoms with Crippen molar-refractivity contribution in [1.29, 1.82) is 0 Å². The third-order valence-electron chi connectivity index (χ3n) is 4.51. The van der Waals surface area contributed by atoms with Crippen molar-refractivity contribution < 1.29 is 18.7 Å². The molecule has 0 bridgehead atoms. The number of esters is 1. The van der Waals surface area contributed by atoms with E-state index >= 15 is 0 Å². The van der Waals surface area contributed by atoms with Gasteiger partial charge >= 0.3 is 5.97 Å². The van der Waals surface area contributed by atoms with Crippen LogP contribution >= 0.6 is 11.8 Å². The first-order valence-electron chi connectivity index (χ1n) is 9.23. The fourth-order valence-electron chi connectivity index (χ4n) is 3.05. The molecule has 1 aromatic heterocycles. The Kier molecular flexibility index (Phi) is 5.86. The minimum atomic E-state index is -0.498. The van der Waals surface area contributed by atoms with Gasteiger partial charge in [-0.05, 0) is 35.9 Å². The minimum Gasteiger partial charge on any atom is -0.497 e. The highest BCUT2D eigenvalue weighted by atomic mass is 32.2. The van der Waals surface area contributed by atoms with E-state index in [0.717, 1.165) is 16.7 Å². The summed E-state index contributed by atoms with van der Waals surface area (Å²) in [6.45, 7) is 0. The normalized spacial score (nSPS) is 10.8. The highest BCUT2D eigenvalue weighted by molar-refractivity contribution is 7.97. The Balaban J connectivity index is 1.55. The van der Waals surface area contributed by atoms with E-state index in [1.165, 1.54) is 5.56 Å². The van der Waals surface area contributed by atoms with E-state index < -0.39 is 5.97 Å². The molecular formula is C24H20O4S. The number of methoxy groups -OCH3 is 1. The van der Waals surface area contributed by atoms with E-state index in [1.54, 1.807) is 43.1 Å². The molecule has 0 atom stereocenters. The van der Waals surface area contributed by atoms with Crippen LogP contribution in [0.5, 0.6) is 11.5 Å². The Hall–Kier alpha value is -3.18. The number of hydrogen-bond donors (Lipinski definition) is 0. The summed E-state index contributed by atoms with van der Waals surface area (Å²) in [7, 11) is 1.59. The molecule has 146 valence electrons. The van der Waals surface area contributed by atoms with Gasteiger partial charge in [0.25, 0.3) is 0 Å². The molecule has 0 aliphatic carbocycles. The lowest BCUT2D eigenvalue weighted by Crippen LogP contribution is -2.09. The van der Waals surface area contributed by atoms with Crippen molar-refractivity contribution in [3.63, 3.8) is 0 Å². The average Bonchev–Trinajstić information content (AvgIpc) is 3.14. The molecule has 0 fully saturated rings. The van der Waals surface area contributed by atoms with Crippen molar-refractivity contribution in [3.8, 4) is 11.5 Å². The van der Waals surface area contributed by atoms with Gasteiger partial charge in [0.2, 0.25) is 5.76 Å². The van der Waals surface area contributed by atoms with Crippen molar-refractivity contribution in [3.05, 3.63) is 95.7 Å². The van der Waals surface area contributed by atoms with Gasteiger partial charge in [-0.25, -0.2) is 4.79 Å². The topological polar surface area (TPSA) is 48.7 Å². The lowest BCUT2D eigenvalue weighted by Gasteiger charge is -2.06. The van der Waals surface area contributed by atoms with Gasteiger partial charge in [-0.2, -0.15) is 11.8 Å². The number of rotatable bonds is 7. The first kappa shape index (κ1) is 19.2. The Bertz CT molecular complexity index is 1100. The number of benzene rings is 3. The van der Waals surface area contributed by atoms with Gasteiger partial charge < -0.3 is 13.9 Å². The zero-order valence-electron chi connectivity index (χ0n) is 16.0. The zero-order chi connectivity index (χ0) is 20.1. The van der Waals surface area contributed by atoms with Crippen LogP contribution in [0.15, 0.2) is 83.3 Å². The molecule has 0 aliphatic rings. The Morgan fingerprint density at radius 2 is 1.55 bits per heavy atom. The van der Waals surface area contributed by atoms with Gasteiger partial charge in [-0.15, -0.1) is 0 Å². The van der Waals surface area contributed by atoms with E-state index in [0.29, 0.717) is 22.8 Å². The van der Waals surface area contributed by atoms with Crippen LogP contribution in [0.25, 0.3) is 11.0 Å². The summed E-state index contributed by atoms with van der Waals surface area (Å²) in [5.41, 5.74) is 2.79. The van der Waals surface area contributed by atoms with Crippen LogP contribution in [0.3, 0.4) is 0 Å². The molecule has 3 aromatic carbocycles. The molecule has 0 amide bonds. The van der Waals surface area contributed by atoms with E-state index in [4.69, 9.17) is 13.9 Å². The molecule has 4 rings (SSSR count). The SMILES string of the molecule is COc1ccc(OC(=O)c2oc3ccccc3c2CSCc2ccccc2)cc1. The summed E-state index contributed by atoms with van der Waals surface area (Å²) >= 11 is 1.74. The zero-order valence-corrected chi connectivity index (χ0v) is 16.8. The standard InChI is InChI=1S/C24H20O4S/c1-26-18-11-13-19(14-12-18)27-24(25)23-21(20-9-5-6-10-22(20)28-23)16-29-15-17-7-3-2-4-8-17/h2-14H,15-16H2,1H3. The van der Waals surface area contributed by atoms with Crippen LogP contribution in [0.4, 0.5) is 0 Å². The number of carbonyl (C=O) groups is 1. The maximum Gasteiger partial charge on any atom is 0.379 e. The molecule has 0 spiro atoms. The van der Waals surface area contributed by atoms with Crippen molar-refractivity contribution in [1.82, 2.24) is 0 Å². The molecule has 0 saturated heterocycles. The van der Waals surface area contributed by atoms with Gasteiger partial charge in [0.1, 0.15) is 17.1 Å². The second kappa shape index (κ2) is 8.88. The first-order chi connectivity index (χ1) is 14.2. The van der Waals surface area contributed by atoms with Crippen LogP contribution in [-0.2, 0) is 11.5 Å². The smallest absolute Gasteiger partial charge is 0.379 e. The number of carbonyl (C=O) groups excluding carboxylic acids is 1. The monoisotopic (exact) mass is 404 g/mol. The molecular weight excluding hydrogens is 384 g/mol. The summed E-state index contributed by atoms with van der Waals surface area (Å²) < 4.78 is 16.5. The Labute approximate surface area is 173 Å². The Morgan fingerprint density at radius 1 is 0.862 bits per heavy atom. The van der Waals surface area contributed by atoms with E-state index in [9.17, 15) is 4.79 Å². The van der Waals surface area contributed by atoms with Gasteiger partial charge in [0.05, 0.1) is 7.11 Å². The molecule has 0 aliphatic heterocycles. The maximum atomic E-state index is 12.8. The van der Waals surface area contributed by atoms with Crippen molar-refractivity contribution in [2.24, 2.45) is 0 Å². The molecule has 29 heavy (non-hydrogen) atoms. The van der Waals surface area contributed by atoms with Crippen molar-refractivity contribution >= 4 is 28.7 Å². The van der Waals surface area contributed by atoms with E-state index in [-0.39, 0.29) is 5.76 Å². The number of para-hydroxylation sites is 1. The van der Waals surface area contributed by atoms with Crippen molar-refractivity contribution in [2.75, 3.05) is 7.11 Å². The predicted octanol–water partition coefficient (Wildman–Crippen LogP) is 6.09. The van der Waals surface area contributed by atoms with Gasteiger partial charge in [-0.1, -0.05) is 48.5 Å². The highest BCUT2D eigenvalue weighted by Crippen LogP contribution is 2.31. The van der Waals surface area contributed by atoms with Crippen LogP contribution in [0.2, 0.25) is 0 Å². The molecule has 5 heteroatoms. The minimum absolute atomic E-state index is 0.252. The number of thioether (sulfide) groups is 1. The second-order valence-corrected chi connectivity index (χ2v) is 7.43. The van der Waals surface area contributed by atoms with Crippen molar-refractivity contribution in [2.45, 2.75) is 11.5 Å².